The molecule has 7 atom stereocenters. The van der Waals surface area contributed by atoms with Gasteiger partial charge >= 0.3 is 5.97 Å². The molecule has 96 heavy (non-hydrogen) atoms. The van der Waals surface area contributed by atoms with Crippen LogP contribution in [0, 0.1) is 0 Å². The SMILES string of the molecule is C=C(CNC(=O)C(CCC(=O)NCCO[C@H](CO)[C@@H](O)[C@H](O)CO)NC(=O)CCCCCN1C(=O)C=CC1=O)NCC(=O)N[C@@H](Cc1ccccc1)C(=O)NCC(=O)NCOCC(=O)N[C@@H]1CCc2cc(OC)cc3nc4c(c1c23)Cn1c-4cc2c(c1=O)COC(=O)[C@]2(O)CC. The Kier molecular flexibility index (Phi) is 25.4. The van der Waals surface area contributed by atoms with Crippen molar-refractivity contribution in [2.75, 3.05) is 73.0 Å². The number of nitrogens with zero attached hydrogens (tertiary/aromatic N) is 3. The Morgan fingerprint density at radius 1 is 0.802 bits per heavy atom. The standard InChI is InChI=1S/C65H81N11O20/c1-4-65(92)42-26-47-59-40(30-76(47)63(90)41(42)33-96-64(65)91)58-43(15-14-38-24-39(93-3)25-45(74-59)57(38)58)71-54(84)34-94-35-70-52(82)28-69-62(89)46(23-37-11-7-5-8-12-37)73-53(83)29-67-36(2)27-68-61(88)44(72-51(81)13-9-6-10-21-75-55(85)18-19-56(75)86)16-17-50(80)66-20-22-95-49(32-78)60(87)48(79)31-77/h5,7-8,11-12,18-19,24-26,43-44,46,48-49,60,67,77-79,87,92H,2,4,6,9-10,13-17,20-23,27-35H2,1,3H3,(H,66,80)(H,68,88)(H,69,89)(H,70,82)(H,71,84)(H,72,81)(H,73,83)/t43-,44?,46+,48-,49-,60+,65+/m1/s1. The number of esters is 1. The Morgan fingerprint density at radius 3 is 2.24 bits per heavy atom. The number of aliphatic hydroxyl groups is 5. The van der Waals surface area contributed by atoms with Crippen molar-refractivity contribution in [2.45, 2.75) is 126 Å². The van der Waals surface area contributed by atoms with Crippen LogP contribution >= 0.6 is 0 Å². The van der Waals surface area contributed by atoms with Crippen LogP contribution in [0.2, 0.25) is 0 Å². The normalized spacial score (nSPS) is 17.3. The number of nitrogens with one attached hydrogen (secondary N) is 8. The molecule has 5 heterocycles. The van der Waals surface area contributed by atoms with Gasteiger partial charge in [-0.15, -0.1) is 0 Å². The Morgan fingerprint density at radius 2 is 1.52 bits per heavy atom. The van der Waals surface area contributed by atoms with Gasteiger partial charge in [-0.05, 0) is 67.3 Å². The molecule has 1 unspecified atom stereocenters. The van der Waals surface area contributed by atoms with E-state index in [4.69, 9.17) is 29.0 Å². The number of imide groups is 1. The molecule has 4 aliphatic rings. The van der Waals surface area contributed by atoms with E-state index in [0.29, 0.717) is 65.9 Å². The number of hydrogen-bond acceptors (Lipinski definition) is 22. The molecular formula is C65H81N11O20. The van der Waals surface area contributed by atoms with E-state index >= 15 is 0 Å². The van der Waals surface area contributed by atoms with Gasteiger partial charge in [0.05, 0.1) is 81.6 Å². The molecule has 8 rings (SSSR count). The molecule has 31 heteroatoms. The number of unbranched alkanes of at least 4 members (excludes halogenated alkanes) is 2. The lowest BCUT2D eigenvalue weighted by Gasteiger charge is -2.31. The molecule has 4 aromatic rings. The molecule has 0 fully saturated rings. The molecule has 0 saturated carbocycles. The fourth-order valence-corrected chi connectivity index (χ4v) is 11.6. The van der Waals surface area contributed by atoms with Crippen LogP contribution < -0.4 is 52.8 Å². The molecule has 2 aromatic carbocycles. The highest BCUT2D eigenvalue weighted by atomic mass is 16.6. The zero-order valence-electron chi connectivity index (χ0n) is 53.2. The predicted octanol–water partition coefficient (Wildman–Crippen LogP) is -2.70. The minimum Gasteiger partial charge on any atom is -0.497 e. The topological polar surface area (TPSA) is 443 Å². The number of methoxy groups -OCH3 is 1. The van der Waals surface area contributed by atoms with E-state index in [1.807, 2.05) is 6.07 Å². The lowest BCUT2D eigenvalue weighted by molar-refractivity contribution is -0.172. The van der Waals surface area contributed by atoms with E-state index in [-0.39, 0.29) is 88.3 Å². The summed E-state index contributed by atoms with van der Waals surface area (Å²) in [5, 5.41) is 71.9. The largest absolute Gasteiger partial charge is 0.497 e. The summed E-state index contributed by atoms with van der Waals surface area (Å²) in [7, 11) is 1.54. The number of cyclic esters (lactones) is 1. The van der Waals surface area contributed by atoms with Gasteiger partial charge in [0.25, 0.3) is 17.4 Å². The average molecular weight is 1340 g/mol. The second-order valence-corrected chi connectivity index (χ2v) is 23.4. The summed E-state index contributed by atoms with van der Waals surface area (Å²) >= 11 is 0. The van der Waals surface area contributed by atoms with Gasteiger partial charge in [-0.3, -0.25) is 52.8 Å². The number of rotatable bonds is 37. The molecule has 9 amide bonds. The average Bonchev–Trinajstić information content (AvgIpc) is 1.49. The first kappa shape index (κ1) is 72.3. The first-order chi connectivity index (χ1) is 46.1. The molecule has 0 radical (unpaired) electrons. The van der Waals surface area contributed by atoms with Gasteiger partial charge in [-0.25, -0.2) is 9.78 Å². The zero-order chi connectivity index (χ0) is 69.2. The van der Waals surface area contributed by atoms with Gasteiger partial charge in [-0.1, -0.05) is 50.3 Å². The summed E-state index contributed by atoms with van der Waals surface area (Å²) in [6.45, 7) is 1.50. The van der Waals surface area contributed by atoms with Crippen molar-refractivity contribution in [3.05, 3.63) is 117 Å². The summed E-state index contributed by atoms with van der Waals surface area (Å²) in [4.78, 5) is 150. The third-order valence-electron chi connectivity index (χ3n) is 16.8. The number of aromatic nitrogens is 2. The molecule has 31 nitrogen and oxygen atoms in total. The summed E-state index contributed by atoms with van der Waals surface area (Å²) in [6.07, 6.45) is -0.375. The molecule has 1 aliphatic carbocycles. The second kappa shape index (κ2) is 33.7. The minimum atomic E-state index is -2.03. The fourth-order valence-electron chi connectivity index (χ4n) is 11.6. The number of fused-ring (bicyclic) bond motifs is 5. The van der Waals surface area contributed by atoms with Crippen LogP contribution in [0.4, 0.5) is 0 Å². The monoisotopic (exact) mass is 1340 g/mol. The van der Waals surface area contributed by atoms with Crippen LogP contribution in [0.15, 0.2) is 77.8 Å². The Bertz CT molecular complexity index is 3680. The number of carbonyl (C=O) groups excluding carboxylic acids is 10. The van der Waals surface area contributed by atoms with Crippen LogP contribution in [0.5, 0.6) is 5.75 Å². The van der Waals surface area contributed by atoms with E-state index in [0.717, 1.165) is 21.4 Å². The maximum Gasteiger partial charge on any atom is 0.343 e. The lowest BCUT2D eigenvalue weighted by Crippen LogP contribution is -2.52. The summed E-state index contributed by atoms with van der Waals surface area (Å²) in [5.74, 6) is -5.54. The van der Waals surface area contributed by atoms with Crippen LogP contribution in [0.1, 0.15) is 97.7 Å². The molecule has 0 spiro atoms. The molecule has 516 valence electrons. The Labute approximate surface area is 550 Å². The minimum absolute atomic E-state index is 0.0139. The Balaban J connectivity index is 0.797. The molecule has 0 saturated heterocycles. The number of pyridine rings is 2. The van der Waals surface area contributed by atoms with E-state index in [1.54, 1.807) is 49.4 Å². The number of hydrogen-bond donors (Lipinski definition) is 13. The molecular weight excluding hydrogens is 1250 g/mol. The number of ether oxygens (including phenoxy) is 4. The number of aliphatic hydroxyl groups excluding tert-OH is 4. The Hall–Kier alpha value is -9.50. The summed E-state index contributed by atoms with van der Waals surface area (Å²) in [6, 6.07) is 11.0. The van der Waals surface area contributed by atoms with E-state index in [9.17, 15) is 73.2 Å². The van der Waals surface area contributed by atoms with Crippen molar-refractivity contribution in [2.24, 2.45) is 0 Å². The molecule has 13 N–H and O–H groups in total. The first-order valence-corrected chi connectivity index (χ1v) is 31.5. The van der Waals surface area contributed by atoms with Crippen molar-refractivity contribution in [3.63, 3.8) is 0 Å². The van der Waals surface area contributed by atoms with Crippen molar-refractivity contribution in [1.29, 1.82) is 0 Å². The van der Waals surface area contributed by atoms with Gasteiger partial charge in [0.1, 0.15) is 56.1 Å². The molecule has 0 bridgehead atoms. The second-order valence-electron chi connectivity index (χ2n) is 23.4. The van der Waals surface area contributed by atoms with Gasteiger partial charge in [0.2, 0.25) is 41.4 Å². The van der Waals surface area contributed by atoms with Gasteiger partial charge in [-0.2, -0.15) is 0 Å². The van der Waals surface area contributed by atoms with Crippen molar-refractivity contribution >= 4 is 70.0 Å². The van der Waals surface area contributed by atoms with Crippen molar-refractivity contribution in [1.82, 2.24) is 57.0 Å². The highest BCUT2D eigenvalue weighted by molar-refractivity contribution is 6.12. The fraction of sp³-hybridized carbons (Fsp3) is 0.477. The lowest BCUT2D eigenvalue weighted by atomic mass is 9.83. The maximum absolute atomic E-state index is 14.1. The van der Waals surface area contributed by atoms with Gasteiger partial charge < -0.3 is 91.6 Å². The number of benzene rings is 2. The zero-order valence-corrected chi connectivity index (χ0v) is 53.2. The van der Waals surface area contributed by atoms with Crippen LogP contribution in [0.25, 0.3) is 22.3 Å². The van der Waals surface area contributed by atoms with Crippen LogP contribution in [-0.4, -0.2) is 203 Å². The van der Waals surface area contributed by atoms with Crippen LogP contribution in [-0.2, 0) is 93.8 Å². The third-order valence-corrected chi connectivity index (χ3v) is 16.8. The smallest absolute Gasteiger partial charge is 0.343 e. The maximum atomic E-state index is 14.1. The molecule has 3 aliphatic heterocycles. The van der Waals surface area contributed by atoms with Gasteiger partial charge in [0, 0.05) is 72.8 Å². The number of amides is 9. The molecule has 2 aromatic heterocycles. The summed E-state index contributed by atoms with van der Waals surface area (Å²) < 4.78 is 23.3. The van der Waals surface area contributed by atoms with Crippen LogP contribution in [0.3, 0.4) is 0 Å². The first-order valence-electron chi connectivity index (χ1n) is 31.5. The number of carbonyl (C=O) groups is 10. The van der Waals surface area contributed by atoms with E-state index < -0.39 is 146 Å². The number of aryl methyl sites for hydroxylation is 1. The quantitative estimate of drug-likeness (QED) is 0.00833. The van der Waals surface area contributed by atoms with E-state index in [2.05, 4.69) is 49.1 Å². The van der Waals surface area contributed by atoms with E-state index in [1.165, 1.54) is 23.8 Å². The van der Waals surface area contributed by atoms with Crippen molar-refractivity contribution in [3.8, 4) is 17.1 Å². The van der Waals surface area contributed by atoms with Gasteiger partial charge in [0.15, 0.2) is 5.60 Å². The van der Waals surface area contributed by atoms with Crippen molar-refractivity contribution < 1.29 is 92.4 Å². The highest BCUT2D eigenvalue weighted by Gasteiger charge is 2.46. The third kappa shape index (κ3) is 18.1. The highest BCUT2D eigenvalue weighted by Crippen LogP contribution is 2.46. The summed E-state index contributed by atoms with van der Waals surface area (Å²) in [5.41, 5.74) is 2.39. The predicted molar refractivity (Wildman–Crippen MR) is 339 cm³/mol.